The third-order valence-corrected chi connectivity index (χ3v) is 1.72. The van der Waals surface area contributed by atoms with Gasteiger partial charge in [0.15, 0.2) is 0 Å². The second-order valence-electron chi connectivity index (χ2n) is 2.31. The van der Waals surface area contributed by atoms with Crippen molar-refractivity contribution < 1.29 is 0 Å². The van der Waals surface area contributed by atoms with E-state index in [2.05, 4.69) is 17.9 Å². The summed E-state index contributed by atoms with van der Waals surface area (Å²) in [6, 6.07) is 3.27. The molecule has 0 N–H and O–H groups in total. The molecule has 1 aliphatic rings. The highest BCUT2D eigenvalue weighted by Crippen LogP contribution is 2.13. The minimum Gasteiger partial charge on any atom is -0.330 e. The SMILES string of the molecule is C#CN1CCCC1C. The van der Waals surface area contributed by atoms with Gasteiger partial charge in [-0.3, -0.25) is 0 Å². The predicted molar refractivity (Wildman–Crippen MR) is 34.2 cm³/mol. The maximum absolute atomic E-state index is 5.20. The summed E-state index contributed by atoms with van der Waals surface area (Å²) in [6.45, 7) is 3.27. The molecule has 0 aliphatic carbocycles. The van der Waals surface area contributed by atoms with Gasteiger partial charge in [-0.1, -0.05) is 6.42 Å². The Morgan fingerprint density at radius 3 is 2.75 bits per heavy atom. The molecular weight excluding hydrogens is 98.1 g/mol. The van der Waals surface area contributed by atoms with E-state index in [4.69, 9.17) is 6.42 Å². The van der Waals surface area contributed by atoms with Crippen molar-refractivity contribution in [3.8, 4) is 12.5 Å². The summed E-state index contributed by atoms with van der Waals surface area (Å²) in [5, 5.41) is 0. The Morgan fingerprint density at radius 1 is 1.75 bits per heavy atom. The fourth-order valence-corrected chi connectivity index (χ4v) is 1.13. The fraction of sp³-hybridized carbons (Fsp3) is 0.714. The number of hydrogen-bond acceptors (Lipinski definition) is 1. The number of terminal acetylenes is 1. The lowest BCUT2D eigenvalue weighted by Gasteiger charge is -2.13. The minimum atomic E-state index is 0.625. The molecule has 0 aromatic carbocycles. The summed E-state index contributed by atoms with van der Waals surface area (Å²) in [5.41, 5.74) is 0. The van der Waals surface area contributed by atoms with Gasteiger partial charge in [0.2, 0.25) is 0 Å². The molecule has 1 aliphatic heterocycles. The van der Waals surface area contributed by atoms with Crippen molar-refractivity contribution in [2.24, 2.45) is 0 Å². The molecule has 0 aromatic rings. The zero-order valence-electron chi connectivity index (χ0n) is 5.22. The second kappa shape index (κ2) is 2.09. The number of likely N-dealkylation sites (tertiary alicyclic amines) is 1. The lowest BCUT2D eigenvalue weighted by molar-refractivity contribution is 0.395. The molecule has 1 heterocycles. The van der Waals surface area contributed by atoms with Crippen molar-refractivity contribution in [1.82, 2.24) is 4.90 Å². The van der Waals surface area contributed by atoms with Crippen LogP contribution >= 0.6 is 0 Å². The Hall–Kier alpha value is -0.640. The van der Waals surface area contributed by atoms with Crippen LogP contribution in [0.5, 0.6) is 0 Å². The van der Waals surface area contributed by atoms with Crippen LogP contribution in [0.15, 0.2) is 0 Å². The fourth-order valence-electron chi connectivity index (χ4n) is 1.13. The molecule has 1 fully saturated rings. The van der Waals surface area contributed by atoms with Gasteiger partial charge in [-0.2, -0.15) is 0 Å². The summed E-state index contributed by atoms with van der Waals surface area (Å²) in [6.07, 6.45) is 7.74. The van der Waals surface area contributed by atoms with Gasteiger partial charge in [0.05, 0.1) is 0 Å². The molecule has 1 atom stereocenters. The van der Waals surface area contributed by atoms with Crippen molar-refractivity contribution in [3.05, 3.63) is 0 Å². The van der Waals surface area contributed by atoms with Crippen LogP contribution in [0, 0.1) is 12.5 Å². The Morgan fingerprint density at radius 2 is 2.50 bits per heavy atom. The average molecular weight is 109 g/mol. The molecule has 0 radical (unpaired) electrons. The van der Waals surface area contributed by atoms with Crippen LogP contribution < -0.4 is 0 Å². The molecule has 0 bridgehead atoms. The van der Waals surface area contributed by atoms with Gasteiger partial charge < -0.3 is 4.90 Å². The first-order chi connectivity index (χ1) is 3.84. The standard InChI is InChI=1S/C7H11N/c1-3-8-6-4-5-7(8)2/h1,7H,4-6H2,2H3. The normalized spacial score (nSPS) is 28.0. The molecule has 44 valence electrons. The largest absolute Gasteiger partial charge is 0.330 e. The average Bonchev–Trinajstić information content (AvgIpc) is 2.14. The first kappa shape index (κ1) is 5.50. The Labute approximate surface area is 50.7 Å². The highest BCUT2D eigenvalue weighted by molar-refractivity contribution is 4.91. The van der Waals surface area contributed by atoms with Crippen LogP contribution in [-0.4, -0.2) is 17.5 Å². The van der Waals surface area contributed by atoms with E-state index < -0.39 is 0 Å². The summed E-state index contributed by atoms with van der Waals surface area (Å²) in [4.78, 5) is 2.06. The van der Waals surface area contributed by atoms with E-state index in [0.29, 0.717) is 6.04 Å². The zero-order chi connectivity index (χ0) is 5.98. The molecule has 8 heavy (non-hydrogen) atoms. The quantitative estimate of drug-likeness (QED) is 0.420. The van der Waals surface area contributed by atoms with Gasteiger partial charge in [0, 0.05) is 18.6 Å². The molecule has 1 heteroatoms. The third kappa shape index (κ3) is 0.790. The van der Waals surface area contributed by atoms with Crippen LogP contribution in [-0.2, 0) is 0 Å². The number of rotatable bonds is 0. The summed E-state index contributed by atoms with van der Waals surface area (Å²) >= 11 is 0. The van der Waals surface area contributed by atoms with Gasteiger partial charge >= 0.3 is 0 Å². The van der Waals surface area contributed by atoms with Crippen molar-refractivity contribution in [2.45, 2.75) is 25.8 Å². The van der Waals surface area contributed by atoms with Crippen LogP contribution in [0.25, 0.3) is 0 Å². The van der Waals surface area contributed by atoms with Crippen molar-refractivity contribution in [2.75, 3.05) is 6.54 Å². The van der Waals surface area contributed by atoms with Gasteiger partial charge in [0.25, 0.3) is 0 Å². The molecule has 1 saturated heterocycles. The zero-order valence-corrected chi connectivity index (χ0v) is 5.22. The monoisotopic (exact) mass is 109 g/mol. The molecule has 0 saturated carbocycles. The lowest BCUT2D eigenvalue weighted by Crippen LogP contribution is -2.20. The highest BCUT2D eigenvalue weighted by Gasteiger charge is 2.15. The molecular formula is C7H11N. The number of nitrogens with zero attached hydrogens (tertiary/aromatic N) is 1. The molecule has 0 amide bonds. The third-order valence-electron chi connectivity index (χ3n) is 1.72. The molecule has 1 nitrogen and oxygen atoms in total. The van der Waals surface area contributed by atoms with E-state index >= 15 is 0 Å². The van der Waals surface area contributed by atoms with Crippen LogP contribution in [0.1, 0.15) is 19.8 Å². The van der Waals surface area contributed by atoms with Gasteiger partial charge in [-0.25, -0.2) is 0 Å². The van der Waals surface area contributed by atoms with E-state index in [-0.39, 0.29) is 0 Å². The van der Waals surface area contributed by atoms with Crippen molar-refractivity contribution in [1.29, 1.82) is 0 Å². The second-order valence-corrected chi connectivity index (χ2v) is 2.31. The van der Waals surface area contributed by atoms with E-state index in [1.807, 2.05) is 0 Å². The first-order valence-corrected chi connectivity index (χ1v) is 3.07. The number of hydrogen-bond donors (Lipinski definition) is 0. The maximum atomic E-state index is 5.20. The van der Waals surface area contributed by atoms with Gasteiger partial charge in [0.1, 0.15) is 0 Å². The molecule has 0 aromatic heterocycles. The Kier molecular flexibility index (Phi) is 1.43. The Bertz CT molecular complexity index is 112. The van der Waals surface area contributed by atoms with E-state index in [1.165, 1.54) is 12.8 Å². The first-order valence-electron chi connectivity index (χ1n) is 3.07. The van der Waals surface area contributed by atoms with Gasteiger partial charge in [-0.15, -0.1) is 0 Å². The van der Waals surface area contributed by atoms with E-state index in [9.17, 15) is 0 Å². The van der Waals surface area contributed by atoms with E-state index in [0.717, 1.165) is 6.54 Å². The summed E-state index contributed by atoms with van der Waals surface area (Å²) < 4.78 is 0. The van der Waals surface area contributed by atoms with Crippen molar-refractivity contribution >= 4 is 0 Å². The van der Waals surface area contributed by atoms with Crippen LogP contribution in [0.2, 0.25) is 0 Å². The van der Waals surface area contributed by atoms with Crippen molar-refractivity contribution in [3.63, 3.8) is 0 Å². The smallest absolute Gasteiger partial charge is 0.0343 e. The topological polar surface area (TPSA) is 3.24 Å². The highest BCUT2D eigenvalue weighted by atomic mass is 15.1. The predicted octanol–water partition coefficient (Wildman–Crippen LogP) is 1.06. The molecule has 1 rings (SSSR count). The van der Waals surface area contributed by atoms with Crippen LogP contribution in [0.3, 0.4) is 0 Å². The van der Waals surface area contributed by atoms with Gasteiger partial charge in [-0.05, 0) is 19.8 Å². The Balaban J connectivity index is 2.45. The maximum Gasteiger partial charge on any atom is 0.0343 e. The van der Waals surface area contributed by atoms with E-state index in [1.54, 1.807) is 0 Å². The lowest BCUT2D eigenvalue weighted by atomic mass is 10.2. The minimum absolute atomic E-state index is 0.625. The molecule has 0 spiro atoms. The molecule has 1 unspecified atom stereocenters. The summed E-state index contributed by atoms with van der Waals surface area (Å²) in [5.74, 6) is 0. The van der Waals surface area contributed by atoms with Crippen LogP contribution in [0.4, 0.5) is 0 Å². The summed E-state index contributed by atoms with van der Waals surface area (Å²) in [7, 11) is 0.